The Bertz CT molecular complexity index is 544. The lowest BCUT2D eigenvalue weighted by Gasteiger charge is -2.27. The molecule has 0 aliphatic carbocycles. The van der Waals surface area contributed by atoms with Crippen LogP contribution in [0.2, 0.25) is 0 Å². The van der Waals surface area contributed by atoms with Crippen molar-refractivity contribution in [3.05, 3.63) is 28.7 Å². The number of hydrogen-bond donors (Lipinski definition) is 1. The Morgan fingerprint density at radius 3 is 2.85 bits per heavy atom. The molecule has 1 unspecified atom stereocenters. The van der Waals surface area contributed by atoms with E-state index in [-0.39, 0.29) is 0 Å². The number of anilines is 2. The summed E-state index contributed by atoms with van der Waals surface area (Å²) in [6.07, 6.45) is 2.54. The van der Waals surface area contributed by atoms with Crippen LogP contribution in [0.15, 0.2) is 23.8 Å². The Labute approximate surface area is 123 Å². The van der Waals surface area contributed by atoms with Gasteiger partial charge in [-0.25, -0.2) is 9.97 Å². The molecule has 0 aliphatic rings. The van der Waals surface area contributed by atoms with Gasteiger partial charge in [-0.05, 0) is 18.4 Å². The van der Waals surface area contributed by atoms with Crippen LogP contribution in [0.1, 0.15) is 11.8 Å². The summed E-state index contributed by atoms with van der Waals surface area (Å²) in [7, 11) is 5.49. The van der Waals surface area contributed by atoms with Gasteiger partial charge in [0.2, 0.25) is 5.75 Å². The molecular weight excluding hydrogens is 272 g/mol. The van der Waals surface area contributed by atoms with E-state index in [0.29, 0.717) is 17.6 Å². The lowest BCUT2D eigenvalue weighted by molar-refractivity contribution is 0.411. The highest BCUT2D eigenvalue weighted by Crippen LogP contribution is 2.32. The maximum absolute atomic E-state index is 5.45. The van der Waals surface area contributed by atoms with Crippen molar-refractivity contribution in [2.75, 3.05) is 31.4 Å². The standard InChI is InChI=1S/C14H20N4OS/c1-10(8-11-6-5-7-20-11)18(3)14-12(19-4)13(15-2)16-9-17-14/h5-7,9-10H,8H2,1-4H3,(H,15,16,17). The first-order chi connectivity index (χ1) is 9.67. The molecule has 0 aromatic carbocycles. The zero-order valence-corrected chi connectivity index (χ0v) is 13.1. The fourth-order valence-electron chi connectivity index (χ4n) is 2.05. The van der Waals surface area contributed by atoms with Crippen molar-refractivity contribution in [2.45, 2.75) is 19.4 Å². The molecule has 0 saturated carbocycles. The molecule has 0 fully saturated rings. The maximum Gasteiger partial charge on any atom is 0.204 e. The molecule has 0 spiro atoms. The molecule has 2 aromatic rings. The van der Waals surface area contributed by atoms with Crippen molar-refractivity contribution in [1.82, 2.24) is 9.97 Å². The van der Waals surface area contributed by atoms with Crippen molar-refractivity contribution >= 4 is 23.0 Å². The molecule has 2 aromatic heterocycles. The van der Waals surface area contributed by atoms with Crippen LogP contribution in [0.4, 0.5) is 11.6 Å². The Kier molecular flexibility index (Phi) is 4.79. The second-order valence-electron chi connectivity index (χ2n) is 4.57. The largest absolute Gasteiger partial charge is 0.490 e. The van der Waals surface area contributed by atoms with E-state index in [0.717, 1.165) is 12.2 Å². The minimum atomic E-state index is 0.321. The number of hydrogen-bond acceptors (Lipinski definition) is 6. The molecule has 0 aliphatic heterocycles. The number of nitrogens with one attached hydrogen (secondary N) is 1. The molecule has 0 bridgehead atoms. The monoisotopic (exact) mass is 292 g/mol. The van der Waals surface area contributed by atoms with Crippen LogP contribution < -0.4 is 15.0 Å². The van der Waals surface area contributed by atoms with Gasteiger partial charge in [0.25, 0.3) is 0 Å². The van der Waals surface area contributed by atoms with Gasteiger partial charge in [0.1, 0.15) is 6.33 Å². The van der Waals surface area contributed by atoms with Gasteiger partial charge in [-0.3, -0.25) is 0 Å². The topological polar surface area (TPSA) is 50.3 Å². The third-order valence-electron chi connectivity index (χ3n) is 3.30. The highest BCUT2D eigenvalue weighted by molar-refractivity contribution is 7.09. The Hall–Kier alpha value is -1.82. The van der Waals surface area contributed by atoms with Crippen LogP contribution >= 0.6 is 11.3 Å². The predicted octanol–water partition coefficient (Wildman–Crippen LogP) is 2.66. The summed E-state index contributed by atoms with van der Waals surface area (Å²) in [6, 6.07) is 4.56. The second kappa shape index (κ2) is 6.56. The predicted molar refractivity (Wildman–Crippen MR) is 84.0 cm³/mol. The Balaban J connectivity index is 2.21. The van der Waals surface area contributed by atoms with Crippen LogP contribution in [-0.4, -0.2) is 37.2 Å². The molecule has 108 valence electrons. The summed E-state index contributed by atoms with van der Waals surface area (Å²) in [5.74, 6) is 2.18. The van der Waals surface area contributed by atoms with E-state index < -0.39 is 0 Å². The van der Waals surface area contributed by atoms with Gasteiger partial charge < -0.3 is 15.0 Å². The van der Waals surface area contributed by atoms with Crippen molar-refractivity contribution < 1.29 is 4.74 Å². The van der Waals surface area contributed by atoms with Crippen LogP contribution in [-0.2, 0) is 6.42 Å². The maximum atomic E-state index is 5.45. The summed E-state index contributed by atoms with van der Waals surface area (Å²) >= 11 is 1.78. The molecular formula is C14H20N4OS. The highest BCUT2D eigenvalue weighted by Gasteiger charge is 2.19. The number of nitrogens with zero attached hydrogens (tertiary/aromatic N) is 3. The van der Waals surface area contributed by atoms with Crippen LogP contribution in [0, 0.1) is 0 Å². The number of methoxy groups -OCH3 is 1. The zero-order chi connectivity index (χ0) is 14.5. The number of rotatable bonds is 6. The average molecular weight is 292 g/mol. The van der Waals surface area contributed by atoms with E-state index in [9.17, 15) is 0 Å². The summed E-state index contributed by atoms with van der Waals surface area (Å²) in [4.78, 5) is 12.0. The summed E-state index contributed by atoms with van der Waals surface area (Å²) in [6.45, 7) is 2.18. The molecule has 6 heteroatoms. The molecule has 20 heavy (non-hydrogen) atoms. The zero-order valence-electron chi connectivity index (χ0n) is 12.3. The summed E-state index contributed by atoms with van der Waals surface area (Å²) < 4.78 is 5.45. The fourth-order valence-corrected chi connectivity index (χ4v) is 2.87. The fraction of sp³-hybridized carbons (Fsp3) is 0.429. The van der Waals surface area contributed by atoms with Crippen LogP contribution in [0.5, 0.6) is 5.75 Å². The smallest absolute Gasteiger partial charge is 0.204 e. The van der Waals surface area contributed by atoms with E-state index in [1.54, 1.807) is 24.8 Å². The molecule has 1 atom stereocenters. The normalized spacial score (nSPS) is 12.0. The molecule has 0 amide bonds. The highest BCUT2D eigenvalue weighted by atomic mass is 32.1. The van der Waals surface area contributed by atoms with E-state index in [2.05, 4.69) is 44.6 Å². The molecule has 5 nitrogen and oxygen atoms in total. The van der Waals surface area contributed by atoms with E-state index in [1.165, 1.54) is 4.88 Å². The van der Waals surface area contributed by atoms with Crippen LogP contribution in [0.25, 0.3) is 0 Å². The first kappa shape index (κ1) is 14.6. The van der Waals surface area contributed by atoms with Crippen molar-refractivity contribution in [3.63, 3.8) is 0 Å². The summed E-state index contributed by atoms with van der Waals surface area (Å²) in [5.41, 5.74) is 0. The SMILES string of the molecule is CNc1ncnc(N(C)C(C)Cc2cccs2)c1OC. The van der Waals surface area contributed by atoms with E-state index in [4.69, 9.17) is 4.74 Å². The lowest BCUT2D eigenvalue weighted by atomic mass is 10.2. The van der Waals surface area contributed by atoms with Crippen molar-refractivity contribution in [2.24, 2.45) is 0 Å². The molecule has 2 rings (SSSR count). The summed E-state index contributed by atoms with van der Waals surface area (Å²) in [5, 5.41) is 5.13. The Morgan fingerprint density at radius 1 is 1.45 bits per heavy atom. The molecule has 0 saturated heterocycles. The average Bonchev–Trinajstić information content (AvgIpc) is 2.98. The van der Waals surface area contributed by atoms with Crippen LogP contribution in [0.3, 0.4) is 0 Å². The number of aromatic nitrogens is 2. The third-order valence-corrected chi connectivity index (χ3v) is 4.20. The van der Waals surface area contributed by atoms with Gasteiger partial charge in [0, 0.05) is 31.4 Å². The first-order valence-electron chi connectivity index (χ1n) is 6.49. The first-order valence-corrected chi connectivity index (χ1v) is 7.37. The van der Waals surface area contributed by atoms with Crippen molar-refractivity contribution in [3.8, 4) is 5.75 Å². The number of likely N-dealkylation sites (N-methyl/N-ethyl adjacent to an activating group) is 1. The molecule has 2 heterocycles. The van der Waals surface area contributed by atoms with Crippen molar-refractivity contribution in [1.29, 1.82) is 0 Å². The van der Waals surface area contributed by atoms with Gasteiger partial charge in [-0.2, -0.15) is 0 Å². The molecule has 0 radical (unpaired) electrons. The quantitative estimate of drug-likeness (QED) is 0.887. The van der Waals surface area contributed by atoms with E-state index >= 15 is 0 Å². The third kappa shape index (κ3) is 3.01. The van der Waals surface area contributed by atoms with E-state index in [1.807, 2.05) is 14.1 Å². The van der Waals surface area contributed by atoms with Gasteiger partial charge in [-0.1, -0.05) is 6.07 Å². The molecule has 1 N–H and O–H groups in total. The Morgan fingerprint density at radius 2 is 2.25 bits per heavy atom. The van der Waals surface area contributed by atoms with Gasteiger partial charge in [0.15, 0.2) is 11.6 Å². The number of thiophene rings is 1. The lowest BCUT2D eigenvalue weighted by Crippen LogP contribution is -2.31. The number of ether oxygens (including phenoxy) is 1. The minimum Gasteiger partial charge on any atom is -0.490 e. The minimum absolute atomic E-state index is 0.321. The second-order valence-corrected chi connectivity index (χ2v) is 5.60. The van der Waals surface area contributed by atoms with Gasteiger partial charge in [-0.15, -0.1) is 11.3 Å². The van der Waals surface area contributed by atoms with Gasteiger partial charge >= 0.3 is 0 Å². The van der Waals surface area contributed by atoms with Gasteiger partial charge in [0.05, 0.1) is 7.11 Å².